The van der Waals surface area contributed by atoms with E-state index in [1.54, 1.807) is 36.0 Å². The lowest BCUT2D eigenvalue weighted by Gasteiger charge is -2.15. The number of ether oxygens (including phenoxy) is 1. The molecule has 0 atom stereocenters. The topological polar surface area (TPSA) is 58.6 Å². The van der Waals surface area contributed by atoms with Crippen LogP contribution in [0.5, 0.6) is 5.75 Å². The number of nitrogens with one attached hydrogen (secondary N) is 1. The zero-order valence-electron chi connectivity index (χ0n) is 14.0. The Morgan fingerprint density at radius 1 is 1.28 bits per heavy atom. The standard InChI is InChI=1S/C18H20N2O3S2/c1-24-15-7-10-25-17(15)18(22)19-13-5-4-6-14(11-13)23-12-16(21)20-8-2-3-9-20/h4-7,10-11H,2-3,8-9,12H2,1H3,(H,19,22). The van der Waals surface area contributed by atoms with Crippen LogP contribution in [-0.4, -0.2) is 42.7 Å². The molecule has 1 aromatic heterocycles. The molecule has 7 heteroatoms. The van der Waals surface area contributed by atoms with Crippen LogP contribution in [0, 0.1) is 0 Å². The van der Waals surface area contributed by atoms with E-state index in [9.17, 15) is 9.59 Å². The third-order valence-electron chi connectivity index (χ3n) is 3.97. The molecule has 5 nitrogen and oxygen atoms in total. The molecular formula is C18H20N2O3S2. The number of hydrogen-bond acceptors (Lipinski definition) is 5. The van der Waals surface area contributed by atoms with Gasteiger partial charge >= 0.3 is 0 Å². The van der Waals surface area contributed by atoms with Crippen LogP contribution in [0.3, 0.4) is 0 Å². The molecule has 2 heterocycles. The summed E-state index contributed by atoms with van der Waals surface area (Å²) in [6.07, 6.45) is 4.08. The molecule has 132 valence electrons. The zero-order chi connectivity index (χ0) is 17.6. The number of nitrogens with zero attached hydrogens (tertiary/aromatic N) is 1. The molecule has 1 aliphatic rings. The molecule has 3 rings (SSSR count). The molecule has 0 unspecified atom stereocenters. The number of carbonyl (C=O) groups is 2. The second kappa shape index (κ2) is 8.40. The molecule has 0 bridgehead atoms. The van der Waals surface area contributed by atoms with E-state index in [1.165, 1.54) is 11.3 Å². The first kappa shape index (κ1) is 17.8. The van der Waals surface area contributed by atoms with Crippen molar-refractivity contribution in [2.24, 2.45) is 0 Å². The maximum absolute atomic E-state index is 12.4. The number of amides is 2. The van der Waals surface area contributed by atoms with E-state index in [4.69, 9.17) is 4.74 Å². The van der Waals surface area contributed by atoms with Crippen molar-refractivity contribution in [2.45, 2.75) is 17.7 Å². The van der Waals surface area contributed by atoms with Gasteiger partial charge in [-0.25, -0.2) is 0 Å². The maximum atomic E-state index is 12.4. The highest BCUT2D eigenvalue weighted by Crippen LogP contribution is 2.27. The van der Waals surface area contributed by atoms with E-state index in [2.05, 4.69) is 5.32 Å². The van der Waals surface area contributed by atoms with Crippen molar-refractivity contribution < 1.29 is 14.3 Å². The molecule has 1 aromatic carbocycles. The normalized spacial score (nSPS) is 13.7. The van der Waals surface area contributed by atoms with Crippen molar-refractivity contribution in [2.75, 3.05) is 31.3 Å². The van der Waals surface area contributed by atoms with Gasteiger partial charge in [0.05, 0.1) is 0 Å². The van der Waals surface area contributed by atoms with Crippen molar-refractivity contribution in [3.8, 4) is 5.75 Å². The van der Waals surface area contributed by atoms with E-state index < -0.39 is 0 Å². The summed E-state index contributed by atoms with van der Waals surface area (Å²) in [6, 6.07) is 9.06. The van der Waals surface area contributed by atoms with Gasteiger partial charge in [0.15, 0.2) is 6.61 Å². The Labute approximate surface area is 155 Å². The fraction of sp³-hybridized carbons (Fsp3) is 0.333. The van der Waals surface area contributed by atoms with Crippen molar-refractivity contribution in [1.82, 2.24) is 4.90 Å². The fourth-order valence-corrected chi connectivity index (χ4v) is 4.32. The van der Waals surface area contributed by atoms with E-state index in [-0.39, 0.29) is 18.4 Å². The lowest BCUT2D eigenvalue weighted by molar-refractivity contribution is -0.132. The van der Waals surface area contributed by atoms with Crippen LogP contribution in [-0.2, 0) is 4.79 Å². The highest BCUT2D eigenvalue weighted by Gasteiger charge is 2.18. The Morgan fingerprint density at radius 3 is 2.84 bits per heavy atom. The van der Waals surface area contributed by atoms with Gasteiger partial charge in [0.25, 0.3) is 11.8 Å². The lowest BCUT2D eigenvalue weighted by atomic mass is 10.3. The third-order valence-corrected chi connectivity index (χ3v) is 5.79. The largest absolute Gasteiger partial charge is 0.484 e. The Balaban J connectivity index is 1.59. The summed E-state index contributed by atoms with van der Waals surface area (Å²) in [6.45, 7) is 1.66. The minimum atomic E-state index is -0.135. The van der Waals surface area contributed by atoms with Gasteiger partial charge in [-0.05, 0) is 42.7 Å². The van der Waals surface area contributed by atoms with Crippen LogP contribution in [0.2, 0.25) is 0 Å². The van der Waals surface area contributed by atoms with Crippen LogP contribution < -0.4 is 10.1 Å². The van der Waals surface area contributed by atoms with E-state index in [1.807, 2.05) is 22.6 Å². The highest BCUT2D eigenvalue weighted by molar-refractivity contribution is 7.98. The molecule has 0 radical (unpaired) electrons. The quantitative estimate of drug-likeness (QED) is 0.781. The van der Waals surface area contributed by atoms with E-state index >= 15 is 0 Å². The van der Waals surface area contributed by atoms with Gasteiger partial charge in [0.2, 0.25) is 0 Å². The van der Waals surface area contributed by atoms with Crippen LogP contribution in [0.25, 0.3) is 0 Å². The maximum Gasteiger partial charge on any atom is 0.266 e. The lowest BCUT2D eigenvalue weighted by Crippen LogP contribution is -2.32. The molecule has 25 heavy (non-hydrogen) atoms. The first-order valence-corrected chi connectivity index (χ1v) is 10.2. The molecule has 1 aliphatic heterocycles. The number of thioether (sulfide) groups is 1. The molecular weight excluding hydrogens is 356 g/mol. The van der Waals surface area contributed by atoms with Crippen molar-refractivity contribution in [3.63, 3.8) is 0 Å². The van der Waals surface area contributed by atoms with Crippen LogP contribution in [0.1, 0.15) is 22.5 Å². The van der Waals surface area contributed by atoms with Gasteiger partial charge in [-0.1, -0.05) is 6.07 Å². The van der Waals surface area contributed by atoms with Gasteiger partial charge in [0, 0.05) is 29.7 Å². The summed E-state index contributed by atoms with van der Waals surface area (Å²) >= 11 is 2.97. The number of rotatable bonds is 6. The minimum Gasteiger partial charge on any atom is -0.484 e. The second-order valence-corrected chi connectivity index (χ2v) is 7.44. The van der Waals surface area contributed by atoms with Gasteiger partial charge in [-0.15, -0.1) is 23.1 Å². The third kappa shape index (κ3) is 4.55. The number of hydrogen-bond donors (Lipinski definition) is 1. The summed E-state index contributed by atoms with van der Waals surface area (Å²) in [7, 11) is 0. The minimum absolute atomic E-state index is 0.00939. The fourth-order valence-electron chi connectivity index (χ4n) is 2.68. The zero-order valence-corrected chi connectivity index (χ0v) is 15.6. The van der Waals surface area contributed by atoms with Crippen LogP contribution in [0.15, 0.2) is 40.6 Å². The molecule has 1 N–H and O–H groups in total. The highest BCUT2D eigenvalue weighted by atomic mass is 32.2. The average molecular weight is 377 g/mol. The van der Waals surface area contributed by atoms with Gasteiger partial charge < -0.3 is 15.0 Å². The number of likely N-dealkylation sites (tertiary alicyclic amines) is 1. The average Bonchev–Trinajstić information content (AvgIpc) is 3.31. The molecule has 2 aromatic rings. The van der Waals surface area contributed by atoms with Crippen molar-refractivity contribution in [1.29, 1.82) is 0 Å². The molecule has 0 aliphatic carbocycles. The predicted octanol–water partition coefficient (Wildman–Crippen LogP) is 3.72. The molecule has 1 saturated heterocycles. The number of thiophene rings is 1. The summed E-state index contributed by atoms with van der Waals surface area (Å²) < 4.78 is 5.59. The van der Waals surface area contributed by atoms with Gasteiger partial charge in [-0.2, -0.15) is 0 Å². The molecule has 0 spiro atoms. The van der Waals surface area contributed by atoms with Gasteiger partial charge in [0.1, 0.15) is 10.6 Å². The van der Waals surface area contributed by atoms with Gasteiger partial charge in [-0.3, -0.25) is 9.59 Å². The molecule has 0 saturated carbocycles. The monoisotopic (exact) mass is 376 g/mol. The number of carbonyl (C=O) groups excluding carboxylic acids is 2. The first-order valence-electron chi connectivity index (χ1n) is 8.11. The molecule has 2 amide bonds. The number of anilines is 1. The molecule has 1 fully saturated rings. The van der Waals surface area contributed by atoms with E-state index in [0.717, 1.165) is 30.8 Å². The van der Waals surface area contributed by atoms with Crippen molar-refractivity contribution >= 4 is 40.6 Å². The Kier molecular flexibility index (Phi) is 5.99. The first-order chi connectivity index (χ1) is 12.2. The summed E-state index contributed by atoms with van der Waals surface area (Å²) in [4.78, 5) is 27.9. The van der Waals surface area contributed by atoms with Crippen LogP contribution in [0.4, 0.5) is 5.69 Å². The van der Waals surface area contributed by atoms with Crippen molar-refractivity contribution in [3.05, 3.63) is 40.6 Å². The Morgan fingerprint density at radius 2 is 2.08 bits per heavy atom. The summed E-state index contributed by atoms with van der Waals surface area (Å²) in [5.41, 5.74) is 0.650. The summed E-state index contributed by atoms with van der Waals surface area (Å²) in [5.74, 6) is 0.446. The Bertz CT molecular complexity index is 754. The second-order valence-electron chi connectivity index (χ2n) is 5.68. The SMILES string of the molecule is CSc1ccsc1C(=O)Nc1cccc(OCC(=O)N2CCCC2)c1. The summed E-state index contributed by atoms with van der Waals surface area (Å²) in [5, 5.41) is 4.79. The Hall–Kier alpha value is -1.99. The number of benzene rings is 1. The smallest absolute Gasteiger partial charge is 0.266 e. The predicted molar refractivity (Wildman–Crippen MR) is 102 cm³/mol. The van der Waals surface area contributed by atoms with E-state index in [0.29, 0.717) is 16.3 Å². The van der Waals surface area contributed by atoms with Crippen LogP contribution >= 0.6 is 23.1 Å².